The van der Waals surface area contributed by atoms with Crippen molar-refractivity contribution in [1.82, 2.24) is 10.3 Å². The minimum absolute atomic E-state index is 0.0572. The van der Waals surface area contributed by atoms with Crippen molar-refractivity contribution in [3.05, 3.63) is 95.3 Å². The highest BCUT2D eigenvalue weighted by atomic mass is 16.2. The predicted molar refractivity (Wildman–Crippen MR) is 105 cm³/mol. The first-order chi connectivity index (χ1) is 13.1. The molecule has 136 valence electrons. The van der Waals surface area contributed by atoms with E-state index in [0.29, 0.717) is 18.5 Å². The van der Waals surface area contributed by atoms with Crippen LogP contribution in [0.3, 0.4) is 0 Å². The van der Waals surface area contributed by atoms with Crippen molar-refractivity contribution < 1.29 is 9.59 Å². The molecule has 2 amide bonds. The van der Waals surface area contributed by atoms with Crippen LogP contribution in [0, 0.1) is 6.92 Å². The molecule has 0 aliphatic rings. The van der Waals surface area contributed by atoms with Gasteiger partial charge < -0.3 is 10.6 Å². The zero-order valence-corrected chi connectivity index (χ0v) is 15.1. The van der Waals surface area contributed by atoms with E-state index in [4.69, 9.17) is 0 Å². The Bertz CT molecular complexity index is 922. The van der Waals surface area contributed by atoms with Gasteiger partial charge in [-0.1, -0.05) is 42.0 Å². The molecule has 2 aromatic carbocycles. The summed E-state index contributed by atoms with van der Waals surface area (Å²) in [6, 6.07) is 18.8. The molecule has 3 rings (SSSR count). The van der Waals surface area contributed by atoms with Gasteiger partial charge in [-0.3, -0.25) is 14.6 Å². The number of nitrogens with zero attached hydrogens (tertiary/aromatic N) is 1. The van der Waals surface area contributed by atoms with Crippen LogP contribution in [0.5, 0.6) is 0 Å². The van der Waals surface area contributed by atoms with Crippen LogP contribution in [0.2, 0.25) is 0 Å². The van der Waals surface area contributed by atoms with Gasteiger partial charge in [-0.25, -0.2) is 0 Å². The summed E-state index contributed by atoms with van der Waals surface area (Å²) in [5.41, 5.74) is 4.33. The Morgan fingerprint density at radius 2 is 1.78 bits per heavy atom. The topological polar surface area (TPSA) is 71.1 Å². The monoisotopic (exact) mass is 359 g/mol. The molecular formula is C22H21N3O2. The summed E-state index contributed by atoms with van der Waals surface area (Å²) in [4.78, 5) is 28.1. The maximum Gasteiger partial charge on any atom is 0.253 e. The standard InChI is InChI=1S/C22H21N3O2/c1-16-4-2-5-18(12-16)13-21(26)25-20-9-7-17(8-10-20)14-24-22(27)19-6-3-11-23-15-19/h2-12,15H,13-14H2,1H3,(H,24,27)(H,25,26). The molecule has 0 fully saturated rings. The van der Waals surface area contributed by atoms with Crippen molar-refractivity contribution in [3.63, 3.8) is 0 Å². The first kappa shape index (κ1) is 18.3. The number of carbonyl (C=O) groups excluding carboxylic acids is 2. The fraction of sp³-hybridized carbons (Fsp3) is 0.136. The van der Waals surface area contributed by atoms with Crippen LogP contribution in [-0.4, -0.2) is 16.8 Å². The number of pyridine rings is 1. The lowest BCUT2D eigenvalue weighted by Gasteiger charge is -2.08. The number of carbonyl (C=O) groups is 2. The fourth-order valence-electron chi connectivity index (χ4n) is 2.70. The van der Waals surface area contributed by atoms with E-state index in [-0.39, 0.29) is 11.8 Å². The van der Waals surface area contributed by atoms with E-state index < -0.39 is 0 Å². The molecule has 0 saturated heterocycles. The van der Waals surface area contributed by atoms with Gasteiger partial charge in [-0.2, -0.15) is 0 Å². The zero-order valence-electron chi connectivity index (χ0n) is 15.1. The number of aromatic nitrogens is 1. The van der Waals surface area contributed by atoms with Crippen molar-refractivity contribution in [3.8, 4) is 0 Å². The van der Waals surface area contributed by atoms with E-state index in [0.717, 1.165) is 22.4 Å². The van der Waals surface area contributed by atoms with Gasteiger partial charge in [0.1, 0.15) is 0 Å². The van der Waals surface area contributed by atoms with Crippen LogP contribution in [0.1, 0.15) is 27.0 Å². The SMILES string of the molecule is Cc1cccc(CC(=O)Nc2ccc(CNC(=O)c3cccnc3)cc2)c1. The largest absolute Gasteiger partial charge is 0.348 e. The summed E-state index contributed by atoms with van der Waals surface area (Å²) in [6.45, 7) is 2.42. The third-order valence-electron chi connectivity index (χ3n) is 4.06. The first-order valence-corrected chi connectivity index (χ1v) is 8.73. The third-order valence-corrected chi connectivity index (χ3v) is 4.06. The average molecular weight is 359 g/mol. The fourth-order valence-corrected chi connectivity index (χ4v) is 2.70. The number of hydrogen-bond donors (Lipinski definition) is 2. The molecule has 0 bridgehead atoms. The van der Waals surface area contributed by atoms with Crippen LogP contribution >= 0.6 is 0 Å². The Balaban J connectivity index is 1.51. The summed E-state index contributed by atoms with van der Waals surface area (Å²) in [7, 11) is 0. The van der Waals surface area contributed by atoms with Crippen molar-refractivity contribution in [2.24, 2.45) is 0 Å². The van der Waals surface area contributed by atoms with Gasteiger partial charge in [0.05, 0.1) is 12.0 Å². The first-order valence-electron chi connectivity index (χ1n) is 8.73. The van der Waals surface area contributed by atoms with Gasteiger partial charge in [0.25, 0.3) is 5.91 Å². The number of aryl methyl sites for hydroxylation is 1. The highest BCUT2D eigenvalue weighted by Crippen LogP contribution is 2.11. The van der Waals surface area contributed by atoms with Crippen molar-refractivity contribution in [2.45, 2.75) is 19.9 Å². The molecule has 3 aromatic rings. The smallest absolute Gasteiger partial charge is 0.253 e. The second-order valence-electron chi connectivity index (χ2n) is 6.34. The van der Waals surface area contributed by atoms with Crippen molar-refractivity contribution in [2.75, 3.05) is 5.32 Å². The average Bonchev–Trinajstić information content (AvgIpc) is 2.68. The molecule has 1 heterocycles. The maximum atomic E-state index is 12.2. The van der Waals surface area contributed by atoms with E-state index >= 15 is 0 Å². The van der Waals surface area contributed by atoms with Crippen LogP contribution < -0.4 is 10.6 Å². The number of anilines is 1. The van der Waals surface area contributed by atoms with Crippen molar-refractivity contribution >= 4 is 17.5 Å². The second-order valence-corrected chi connectivity index (χ2v) is 6.34. The highest BCUT2D eigenvalue weighted by Gasteiger charge is 2.06. The van der Waals surface area contributed by atoms with E-state index in [1.54, 1.807) is 18.3 Å². The van der Waals surface area contributed by atoms with E-state index in [1.807, 2.05) is 55.5 Å². The molecule has 0 unspecified atom stereocenters. The molecule has 2 N–H and O–H groups in total. The second kappa shape index (κ2) is 8.76. The Labute approximate surface area is 158 Å². The number of hydrogen-bond acceptors (Lipinski definition) is 3. The van der Waals surface area contributed by atoms with Crippen molar-refractivity contribution in [1.29, 1.82) is 0 Å². The van der Waals surface area contributed by atoms with Gasteiger partial charge in [-0.15, -0.1) is 0 Å². The lowest BCUT2D eigenvalue weighted by Crippen LogP contribution is -2.22. The molecule has 0 saturated carbocycles. The highest BCUT2D eigenvalue weighted by molar-refractivity contribution is 5.94. The molecule has 27 heavy (non-hydrogen) atoms. The number of amides is 2. The Hall–Kier alpha value is -3.47. The summed E-state index contributed by atoms with van der Waals surface area (Å²) >= 11 is 0. The molecule has 0 radical (unpaired) electrons. The van der Waals surface area contributed by atoms with E-state index in [1.165, 1.54) is 6.20 Å². The molecule has 5 heteroatoms. The van der Waals surface area contributed by atoms with Gasteiger partial charge in [0.15, 0.2) is 0 Å². The number of benzene rings is 2. The Kier molecular flexibility index (Phi) is 5.94. The Morgan fingerprint density at radius 3 is 2.48 bits per heavy atom. The molecular weight excluding hydrogens is 338 g/mol. The molecule has 0 aliphatic carbocycles. The summed E-state index contributed by atoms with van der Waals surface area (Å²) in [6.07, 6.45) is 3.50. The van der Waals surface area contributed by atoms with Crippen LogP contribution in [-0.2, 0) is 17.8 Å². The third kappa shape index (κ3) is 5.51. The summed E-state index contributed by atoms with van der Waals surface area (Å²) < 4.78 is 0. The lowest BCUT2D eigenvalue weighted by molar-refractivity contribution is -0.115. The molecule has 5 nitrogen and oxygen atoms in total. The molecule has 0 spiro atoms. The lowest BCUT2D eigenvalue weighted by atomic mass is 10.1. The quantitative estimate of drug-likeness (QED) is 0.708. The van der Waals surface area contributed by atoms with E-state index in [9.17, 15) is 9.59 Å². The molecule has 0 atom stereocenters. The molecule has 1 aromatic heterocycles. The maximum absolute atomic E-state index is 12.2. The van der Waals surface area contributed by atoms with Gasteiger partial charge >= 0.3 is 0 Å². The van der Waals surface area contributed by atoms with Crippen LogP contribution in [0.15, 0.2) is 73.1 Å². The van der Waals surface area contributed by atoms with Crippen LogP contribution in [0.4, 0.5) is 5.69 Å². The molecule has 0 aliphatic heterocycles. The van der Waals surface area contributed by atoms with Gasteiger partial charge in [-0.05, 0) is 42.3 Å². The Morgan fingerprint density at radius 1 is 0.963 bits per heavy atom. The summed E-state index contributed by atoms with van der Waals surface area (Å²) in [5, 5.41) is 5.74. The zero-order chi connectivity index (χ0) is 19.1. The number of rotatable bonds is 6. The predicted octanol–water partition coefficient (Wildman–Crippen LogP) is 3.50. The van der Waals surface area contributed by atoms with Crippen LogP contribution in [0.25, 0.3) is 0 Å². The number of nitrogens with one attached hydrogen (secondary N) is 2. The minimum atomic E-state index is -0.168. The van der Waals surface area contributed by atoms with Gasteiger partial charge in [0.2, 0.25) is 5.91 Å². The van der Waals surface area contributed by atoms with Gasteiger partial charge in [0, 0.05) is 24.6 Å². The normalized spacial score (nSPS) is 10.3. The van der Waals surface area contributed by atoms with E-state index in [2.05, 4.69) is 15.6 Å². The minimum Gasteiger partial charge on any atom is -0.348 e. The summed E-state index contributed by atoms with van der Waals surface area (Å²) in [5.74, 6) is -0.225.